The van der Waals surface area contributed by atoms with E-state index >= 15 is 0 Å². The lowest BCUT2D eigenvalue weighted by Crippen LogP contribution is -2.01. The van der Waals surface area contributed by atoms with Gasteiger partial charge in [-0.25, -0.2) is 4.98 Å². The first kappa shape index (κ1) is 11.6. The van der Waals surface area contributed by atoms with Gasteiger partial charge in [0.2, 0.25) is 12.7 Å². The van der Waals surface area contributed by atoms with Crippen LogP contribution in [0.3, 0.4) is 0 Å². The van der Waals surface area contributed by atoms with E-state index in [1.165, 1.54) is 0 Å². The molecule has 2 N–H and O–H groups in total. The van der Waals surface area contributed by atoms with Crippen LogP contribution in [-0.2, 0) is 6.61 Å². The van der Waals surface area contributed by atoms with Gasteiger partial charge < -0.3 is 19.9 Å². The van der Waals surface area contributed by atoms with Crippen LogP contribution in [0.1, 0.15) is 11.4 Å². The van der Waals surface area contributed by atoms with Crippen LogP contribution in [0.5, 0.6) is 17.4 Å². The Kier molecular flexibility index (Phi) is 2.83. The molecule has 0 bridgehead atoms. The quantitative estimate of drug-likeness (QED) is 0.903. The summed E-state index contributed by atoms with van der Waals surface area (Å²) >= 11 is 0. The molecule has 0 amide bonds. The third-order valence-corrected chi connectivity index (χ3v) is 2.66. The van der Waals surface area contributed by atoms with Gasteiger partial charge >= 0.3 is 0 Å². The van der Waals surface area contributed by atoms with E-state index in [-0.39, 0.29) is 6.79 Å². The van der Waals surface area contributed by atoms with Gasteiger partial charge in [0, 0.05) is 6.07 Å². The standard InChI is InChI=1S/C13H13N3O3/c1-8-15-12(14)5-13(16-8)17-6-9-2-3-10-11(4-9)19-7-18-10/h2-5H,6-7H2,1H3,(H2,14,15,16). The maximum Gasteiger partial charge on any atom is 0.231 e. The number of hydrogen-bond acceptors (Lipinski definition) is 6. The van der Waals surface area contributed by atoms with Crippen LogP contribution in [0.15, 0.2) is 24.3 Å². The van der Waals surface area contributed by atoms with E-state index in [0.717, 1.165) is 17.1 Å². The maximum atomic E-state index is 5.63. The number of rotatable bonds is 3. The molecule has 1 aliphatic heterocycles. The van der Waals surface area contributed by atoms with Gasteiger partial charge in [-0.1, -0.05) is 6.07 Å². The Balaban J connectivity index is 1.72. The maximum absolute atomic E-state index is 5.63. The molecule has 6 nitrogen and oxygen atoms in total. The predicted molar refractivity (Wildman–Crippen MR) is 68.1 cm³/mol. The van der Waals surface area contributed by atoms with Crippen molar-refractivity contribution in [2.24, 2.45) is 0 Å². The Morgan fingerprint density at radius 2 is 2.05 bits per heavy atom. The number of ether oxygens (including phenoxy) is 3. The van der Waals surface area contributed by atoms with Crippen LogP contribution in [0.2, 0.25) is 0 Å². The Bertz CT molecular complexity index is 596. The zero-order valence-electron chi connectivity index (χ0n) is 10.4. The molecule has 0 saturated carbocycles. The molecular formula is C13H13N3O3. The molecule has 0 saturated heterocycles. The fraction of sp³-hybridized carbons (Fsp3) is 0.231. The molecule has 0 atom stereocenters. The molecule has 98 valence electrons. The summed E-state index contributed by atoms with van der Waals surface area (Å²) in [6.45, 7) is 2.41. The van der Waals surface area contributed by atoms with Crippen molar-refractivity contribution in [1.82, 2.24) is 9.97 Å². The summed E-state index contributed by atoms with van der Waals surface area (Å²) in [6, 6.07) is 7.27. The second-order valence-electron chi connectivity index (χ2n) is 4.15. The molecule has 2 aromatic rings. The first-order valence-corrected chi connectivity index (χ1v) is 5.83. The number of benzene rings is 1. The van der Waals surface area contributed by atoms with Gasteiger partial charge in [0.15, 0.2) is 11.5 Å². The Morgan fingerprint density at radius 1 is 1.21 bits per heavy atom. The van der Waals surface area contributed by atoms with Gasteiger partial charge in [-0.05, 0) is 24.6 Å². The van der Waals surface area contributed by atoms with Crippen LogP contribution in [0.25, 0.3) is 0 Å². The number of aromatic nitrogens is 2. The Morgan fingerprint density at radius 3 is 2.89 bits per heavy atom. The monoisotopic (exact) mass is 259 g/mol. The molecule has 2 heterocycles. The topological polar surface area (TPSA) is 79.5 Å². The second kappa shape index (κ2) is 4.64. The van der Waals surface area contributed by atoms with Crippen LogP contribution in [-0.4, -0.2) is 16.8 Å². The van der Waals surface area contributed by atoms with E-state index in [1.54, 1.807) is 13.0 Å². The molecule has 19 heavy (non-hydrogen) atoms. The fourth-order valence-electron chi connectivity index (χ4n) is 1.82. The number of nitrogen functional groups attached to an aromatic ring is 1. The number of hydrogen-bond donors (Lipinski definition) is 1. The zero-order chi connectivity index (χ0) is 13.2. The zero-order valence-corrected chi connectivity index (χ0v) is 10.4. The van der Waals surface area contributed by atoms with Gasteiger partial charge in [0.25, 0.3) is 0 Å². The van der Waals surface area contributed by atoms with Crippen molar-refractivity contribution in [3.8, 4) is 17.4 Å². The van der Waals surface area contributed by atoms with E-state index in [2.05, 4.69) is 9.97 Å². The van der Waals surface area contributed by atoms with Crippen LogP contribution in [0.4, 0.5) is 5.82 Å². The first-order chi connectivity index (χ1) is 9.20. The van der Waals surface area contributed by atoms with Gasteiger partial charge in [-0.15, -0.1) is 0 Å². The second-order valence-corrected chi connectivity index (χ2v) is 4.15. The van der Waals surface area contributed by atoms with Crippen molar-refractivity contribution in [3.63, 3.8) is 0 Å². The number of nitrogens with two attached hydrogens (primary N) is 1. The summed E-state index contributed by atoms with van der Waals surface area (Å²) in [5, 5.41) is 0. The van der Waals surface area contributed by atoms with E-state index in [0.29, 0.717) is 24.1 Å². The fourth-order valence-corrected chi connectivity index (χ4v) is 1.82. The van der Waals surface area contributed by atoms with E-state index in [4.69, 9.17) is 19.9 Å². The van der Waals surface area contributed by atoms with Crippen LogP contribution in [0, 0.1) is 6.92 Å². The van der Waals surface area contributed by atoms with Crippen LogP contribution < -0.4 is 19.9 Å². The molecule has 0 radical (unpaired) electrons. The number of fused-ring (bicyclic) bond motifs is 1. The molecule has 1 aromatic carbocycles. The lowest BCUT2D eigenvalue weighted by Gasteiger charge is -2.07. The normalized spacial score (nSPS) is 12.5. The average Bonchev–Trinajstić information content (AvgIpc) is 2.82. The van der Waals surface area contributed by atoms with Crippen molar-refractivity contribution in [1.29, 1.82) is 0 Å². The minimum Gasteiger partial charge on any atom is -0.473 e. The van der Waals surface area contributed by atoms with E-state index in [1.807, 2.05) is 18.2 Å². The number of aryl methyl sites for hydroxylation is 1. The number of nitrogens with zero attached hydrogens (tertiary/aromatic N) is 2. The summed E-state index contributed by atoms with van der Waals surface area (Å²) in [7, 11) is 0. The molecule has 0 spiro atoms. The highest BCUT2D eigenvalue weighted by atomic mass is 16.7. The molecule has 3 rings (SSSR count). The predicted octanol–water partition coefficient (Wildman–Crippen LogP) is 1.67. The molecule has 0 fully saturated rings. The smallest absolute Gasteiger partial charge is 0.231 e. The van der Waals surface area contributed by atoms with E-state index < -0.39 is 0 Å². The van der Waals surface area contributed by atoms with Gasteiger partial charge in [-0.3, -0.25) is 0 Å². The SMILES string of the molecule is Cc1nc(N)cc(OCc2ccc3c(c2)OCO3)n1. The molecule has 0 aliphatic carbocycles. The van der Waals surface area contributed by atoms with Crippen molar-refractivity contribution < 1.29 is 14.2 Å². The van der Waals surface area contributed by atoms with Crippen molar-refractivity contribution >= 4 is 5.82 Å². The first-order valence-electron chi connectivity index (χ1n) is 5.83. The van der Waals surface area contributed by atoms with Gasteiger partial charge in [0.05, 0.1) is 0 Å². The van der Waals surface area contributed by atoms with E-state index in [9.17, 15) is 0 Å². The average molecular weight is 259 g/mol. The lowest BCUT2D eigenvalue weighted by molar-refractivity contribution is 0.174. The minimum atomic E-state index is 0.265. The Labute approximate surface area is 110 Å². The lowest BCUT2D eigenvalue weighted by atomic mass is 10.2. The third-order valence-electron chi connectivity index (χ3n) is 2.66. The molecule has 1 aliphatic rings. The minimum absolute atomic E-state index is 0.265. The summed E-state index contributed by atoms with van der Waals surface area (Å²) in [5.41, 5.74) is 6.61. The summed E-state index contributed by atoms with van der Waals surface area (Å²) in [6.07, 6.45) is 0. The highest BCUT2D eigenvalue weighted by molar-refractivity contribution is 5.44. The molecule has 0 unspecified atom stereocenters. The van der Waals surface area contributed by atoms with Crippen LogP contribution >= 0.6 is 0 Å². The molecule has 6 heteroatoms. The molecular weight excluding hydrogens is 246 g/mol. The summed E-state index contributed by atoms with van der Waals surface area (Å²) in [4.78, 5) is 8.14. The van der Waals surface area contributed by atoms with Gasteiger partial charge in [-0.2, -0.15) is 4.98 Å². The highest BCUT2D eigenvalue weighted by Crippen LogP contribution is 2.32. The Hall–Kier alpha value is -2.50. The van der Waals surface area contributed by atoms with Crippen molar-refractivity contribution in [2.45, 2.75) is 13.5 Å². The highest BCUT2D eigenvalue weighted by Gasteiger charge is 2.13. The molecule has 1 aromatic heterocycles. The van der Waals surface area contributed by atoms with Crippen molar-refractivity contribution in [2.75, 3.05) is 12.5 Å². The number of anilines is 1. The van der Waals surface area contributed by atoms with Crippen molar-refractivity contribution in [3.05, 3.63) is 35.7 Å². The summed E-state index contributed by atoms with van der Waals surface area (Å²) < 4.78 is 16.1. The third kappa shape index (κ3) is 2.52. The van der Waals surface area contributed by atoms with Gasteiger partial charge in [0.1, 0.15) is 18.2 Å². The largest absolute Gasteiger partial charge is 0.473 e. The summed E-state index contributed by atoms with van der Waals surface area (Å²) in [5.74, 6) is 2.93.